The van der Waals surface area contributed by atoms with E-state index in [1.165, 1.54) is 18.6 Å². The van der Waals surface area contributed by atoms with E-state index < -0.39 is 0 Å². The summed E-state index contributed by atoms with van der Waals surface area (Å²) >= 11 is 0. The summed E-state index contributed by atoms with van der Waals surface area (Å²) in [5, 5.41) is 0.746. The van der Waals surface area contributed by atoms with E-state index in [9.17, 15) is 9.18 Å². The molecular weight excluding hydrogens is 231 g/mol. The molecule has 2 heterocycles. The molecule has 0 saturated carbocycles. The van der Waals surface area contributed by atoms with E-state index in [-0.39, 0.29) is 11.7 Å². The lowest BCUT2D eigenvalue weighted by atomic mass is 10.1. The second kappa shape index (κ2) is 4.44. The molecule has 1 fully saturated rings. The summed E-state index contributed by atoms with van der Waals surface area (Å²) in [6.45, 7) is 1.64. The SMILES string of the molecule is O=C(c1cc2cc(F)ccc2[nH]1)N1CCCCC1. The van der Waals surface area contributed by atoms with Crippen LogP contribution < -0.4 is 0 Å². The van der Waals surface area contributed by atoms with Crippen LogP contribution in [-0.4, -0.2) is 28.9 Å². The van der Waals surface area contributed by atoms with Crippen LogP contribution in [0.25, 0.3) is 10.9 Å². The number of fused-ring (bicyclic) bond motifs is 1. The lowest BCUT2D eigenvalue weighted by molar-refractivity contribution is 0.0719. The number of piperidine rings is 1. The topological polar surface area (TPSA) is 36.1 Å². The van der Waals surface area contributed by atoms with E-state index in [2.05, 4.69) is 4.98 Å². The van der Waals surface area contributed by atoms with Crippen molar-refractivity contribution in [3.8, 4) is 0 Å². The molecule has 1 aromatic carbocycles. The Labute approximate surface area is 105 Å². The van der Waals surface area contributed by atoms with Crippen molar-refractivity contribution in [3.05, 3.63) is 35.8 Å². The normalized spacial score (nSPS) is 16.2. The zero-order valence-corrected chi connectivity index (χ0v) is 10.1. The summed E-state index contributed by atoms with van der Waals surface area (Å²) in [5.74, 6) is -0.259. The predicted octanol–water partition coefficient (Wildman–Crippen LogP) is 2.93. The largest absolute Gasteiger partial charge is 0.351 e. The number of aromatic nitrogens is 1. The van der Waals surface area contributed by atoms with Gasteiger partial charge in [0.25, 0.3) is 5.91 Å². The van der Waals surface area contributed by atoms with E-state index in [1.54, 1.807) is 12.1 Å². The van der Waals surface area contributed by atoms with Crippen LogP contribution in [0.1, 0.15) is 29.8 Å². The Kier molecular flexibility index (Phi) is 2.78. The third kappa shape index (κ3) is 1.98. The first-order valence-corrected chi connectivity index (χ1v) is 6.31. The molecule has 94 valence electrons. The van der Waals surface area contributed by atoms with Crippen LogP contribution in [-0.2, 0) is 0 Å². The highest BCUT2D eigenvalue weighted by Crippen LogP contribution is 2.19. The molecule has 1 amide bonds. The minimum absolute atomic E-state index is 0.0197. The number of rotatable bonds is 1. The van der Waals surface area contributed by atoms with Gasteiger partial charge < -0.3 is 9.88 Å². The van der Waals surface area contributed by atoms with Crippen LogP contribution in [0.5, 0.6) is 0 Å². The van der Waals surface area contributed by atoms with Crippen molar-refractivity contribution in [3.63, 3.8) is 0 Å². The lowest BCUT2D eigenvalue weighted by Gasteiger charge is -2.26. The number of H-pyrrole nitrogens is 1. The summed E-state index contributed by atoms with van der Waals surface area (Å²) in [5.41, 5.74) is 1.36. The van der Waals surface area contributed by atoms with Gasteiger partial charge in [-0.3, -0.25) is 4.79 Å². The molecule has 1 aliphatic rings. The second-order valence-corrected chi connectivity index (χ2v) is 4.77. The first-order valence-electron chi connectivity index (χ1n) is 6.31. The van der Waals surface area contributed by atoms with Crippen molar-refractivity contribution < 1.29 is 9.18 Å². The van der Waals surface area contributed by atoms with Gasteiger partial charge in [0.2, 0.25) is 0 Å². The summed E-state index contributed by atoms with van der Waals surface area (Å²) < 4.78 is 13.1. The molecular formula is C14H15FN2O. The number of benzene rings is 1. The fourth-order valence-corrected chi connectivity index (χ4v) is 2.49. The predicted molar refractivity (Wildman–Crippen MR) is 68.0 cm³/mol. The summed E-state index contributed by atoms with van der Waals surface area (Å²) in [6, 6.07) is 6.24. The van der Waals surface area contributed by atoms with Crippen LogP contribution in [0, 0.1) is 5.82 Å². The van der Waals surface area contributed by atoms with Gasteiger partial charge in [0.05, 0.1) is 0 Å². The minimum Gasteiger partial charge on any atom is -0.351 e. The number of likely N-dealkylation sites (tertiary alicyclic amines) is 1. The van der Waals surface area contributed by atoms with Gasteiger partial charge in [0, 0.05) is 24.0 Å². The van der Waals surface area contributed by atoms with Crippen LogP contribution in [0.4, 0.5) is 4.39 Å². The van der Waals surface area contributed by atoms with Gasteiger partial charge in [-0.25, -0.2) is 4.39 Å². The number of aromatic amines is 1. The number of carbonyl (C=O) groups is 1. The molecule has 1 aromatic heterocycles. The molecule has 3 rings (SSSR count). The van der Waals surface area contributed by atoms with Crippen LogP contribution in [0.15, 0.2) is 24.3 Å². The van der Waals surface area contributed by atoms with Gasteiger partial charge >= 0.3 is 0 Å². The van der Waals surface area contributed by atoms with Crippen LogP contribution in [0.2, 0.25) is 0 Å². The maximum absolute atomic E-state index is 13.1. The molecule has 0 aliphatic carbocycles. The third-order valence-electron chi connectivity index (χ3n) is 3.46. The number of amides is 1. The fourth-order valence-electron chi connectivity index (χ4n) is 2.49. The molecule has 1 saturated heterocycles. The smallest absolute Gasteiger partial charge is 0.270 e. The first-order chi connectivity index (χ1) is 8.74. The Bertz CT molecular complexity index is 584. The van der Waals surface area contributed by atoms with Crippen molar-refractivity contribution in [1.82, 2.24) is 9.88 Å². The zero-order valence-electron chi connectivity index (χ0n) is 10.1. The quantitative estimate of drug-likeness (QED) is 0.825. The molecule has 3 nitrogen and oxygen atoms in total. The van der Waals surface area contributed by atoms with Gasteiger partial charge in [0.15, 0.2) is 0 Å². The van der Waals surface area contributed by atoms with Crippen molar-refractivity contribution in [2.45, 2.75) is 19.3 Å². The Morgan fingerprint density at radius 2 is 1.94 bits per heavy atom. The molecule has 0 unspecified atom stereocenters. The molecule has 1 aliphatic heterocycles. The number of nitrogens with one attached hydrogen (secondary N) is 1. The standard InChI is InChI=1S/C14H15FN2O/c15-11-4-5-12-10(8-11)9-13(16-12)14(18)17-6-2-1-3-7-17/h4-5,8-9,16H,1-3,6-7H2. The van der Waals surface area contributed by atoms with Crippen molar-refractivity contribution in [2.75, 3.05) is 13.1 Å². The zero-order chi connectivity index (χ0) is 12.5. The second-order valence-electron chi connectivity index (χ2n) is 4.77. The average molecular weight is 246 g/mol. The number of hydrogen-bond acceptors (Lipinski definition) is 1. The highest BCUT2D eigenvalue weighted by Gasteiger charge is 2.19. The van der Waals surface area contributed by atoms with Crippen LogP contribution >= 0.6 is 0 Å². The van der Waals surface area contributed by atoms with Crippen molar-refractivity contribution in [2.24, 2.45) is 0 Å². The van der Waals surface area contributed by atoms with E-state index in [0.717, 1.165) is 36.8 Å². The number of nitrogens with zero attached hydrogens (tertiary/aromatic N) is 1. The minimum atomic E-state index is -0.279. The average Bonchev–Trinajstić information content (AvgIpc) is 2.81. The summed E-state index contributed by atoms with van der Waals surface area (Å²) in [4.78, 5) is 17.2. The highest BCUT2D eigenvalue weighted by atomic mass is 19.1. The fraction of sp³-hybridized carbons (Fsp3) is 0.357. The van der Waals surface area contributed by atoms with Crippen LogP contribution in [0.3, 0.4) is 0 Å². The Hall–Kier alpha value is -1.84. The number of hydrogen-bond donors (Lipinski definition) is 1. The molecule has 0 bridgehead atoms. The third-order valence-corrected chi connectivity index (χ3v) is 3.46. The number of carbonyl (C=O) groups excluding carboxylic acids is 1. The molecule has 0 radical (unpaired) electrons. The molecule has 0 spiro atoms. The lowest BCUT2D eigenvalue weighted by Crippen LogP contribution is -2.35. The Morgan fingerprint density at radius 3 is 2.72 bits per heavy atom. The molecule has 0 atom stereocenters. The van der Waals surface area contributed by atoms with E-state index in [0.29, 0.717) is 5.69 Å². The van der Waals surface area contributed by atoms with Crippen molar-refractivity contribution in [1.29, 1.82) is 0 Å². The molecule has 18 heavy (non-hydrogen) atoms. The maximum atomic E-state index is 13.1. The van der Waals surface area contributed by atoms with E-state index in [1.807, 2.05) is 4.90 Å². The van der Waals surface area contributed by atoms with Gasteiger partial charge in [-0.1, -0.05) is 0 Å². The summed E-state index contributed by atoms with van der Waals surface area (Å²) in [7, 11) is 0. The Balaban J connectivity index is 1.91. The van der Waals surface area contributed by atoms with Crippen molar-refractivity contribution >= 4 is 16.8 Å². The maximum Gasteiger partial charge on any atom is 0.270 e. The first kappa shape index (κ1) is 11.3. The molecule has 4 heteroatoms. The number of halogens is 1. The molecule has 2 aromatic rings. The van der Waals surface area contributed by atoms with Gasteiger partial charge in [-0.2, -0.15) is 0 Å². The van der Waals surface area contributed by atoms with E-state index in [4.69, 9.17) is 0 Å². The summed E-state index contributed by atoms with van der Waals surface area (Å²) in [6.07, 6.45) is 3.34. The van der Waals surface area contributed by atoms with Gasteiger partial charge in [-0.05, 0) is 43.5 Å². The molecule has 1 N–H and O–H groups in total. The van der Waals surface area contributed by atoms with E-state index >= 15 is 0 Å². The monoisotopic (exact) mass is 246 g/mol. The van der Waals surface area contributed by atoms with Gasteiger partial charge in [-0.15, -0.1) is 0 Å². The highest BCUT2D eigenvalue weighted by molar-refractivity contribution is 5.98. The Morgan fingerprint density at radius 1 is 1.17 bits per heavy atom. The van der Waals surface area contributed by atoms with Gasteiger partial charge in [0.1, 0.15) is 11.5 Å².